The Kier molecular flexibility index (Phi) is 6.55. The van der Waals surface area contributed by atoms with Crippen molar-refractivity contribution < 1.29 is 19.4 Å². The van der Waals surface area contributed by atoms with E-state index < -0.39 is 17.7 Å². The van der Waals surface area contributed by atoms with E-state index in [2.05, 4.69) is 13.8 Å². The van der Waals surface area contributed by atoms with Crippen molar-refractivity contribution >= 4 is 23.1 Å². The van der Waals surface area contributed by atoms with Crippen molar-refractivity contribution in [2.75, 3.05) is 11.5 Å². The highest BCUT2D eigenvalue weighted by Crippen LogP contribution is 2.43. The van der Waals surface area contributed by atoms with Crippen LogP contribution in [0.1, 0.15) is 42.1 Å². The van der Waals surface area contributed by atoms with Crippen molar-refractivity contribution in [2.24, 2.45) is 5.92 Å². The maximum atomic E-state index is 13.3. The molecule has 4 rings (SSSR count). The average molecular weight is 456 g/mol. The molecule has 174 valence electrons. The Morgan fingerprint density at radius 1 is 0.971 bits per heavy atom. The van der Waals surface area contributed by atoms with E-state index in [0.29, 0.717) is 29.5 Å². The summed E-state index contributed by atoms with van der Waals surface area (Å²) in [6.07, 6.45) is 0. The summed E-state index contributed by atoms with van der Waals surface area (Å²) in [5.74, 6) is -0.636. The van der Waals surface area contributed by atoms with Crippen LogP contribution in [0.2, 0.25) is 0 Å². The number of amides is 1. The summed E-state index contributed by atoms with van der Waals surface area (Å²) >= 11 is 0. The first-order valence-electron chi connectivity index (χ1n) is 11.4. The van der Waals surface area contributed by atoms with E-state index in [0.717, 1.165) is 16.7 Å². The number of aliphatic hydroxyl groups is 1. The SMILES string of the molecule is Cc1cccc(N2C(=O)C(=O)/C(=C(/O)c3cccc(OCC(C)C)c3)C2c2ccccc2)c1C. The van der Waals surface area contributed by atoms with Crippen LogP contribution in [-0.2, 0) is 9.59 Å². The zero-order valence-electron chi connectivity index (χ0n) is 19.9. The fraction of sp³-hybridized carbons (Fsp3) is 0.241. The number of nitrogens with zero attached hydrogens (tertiary/aromatic N) is 1. The second-order valence-corrected chi connectivity index (χ2v) is 9.03. The Labute approximate surface area is 200 Å². The number of benzene rings is 3. The van der Waals surface area contributed by atoms with E-state index in [1.54, 1.807) is 18.2 Å². The van der Waals surface area contributed by atoms with Gasteiger partial charge in [-0.1, -0.05) is 68.4 Å². The number of aryl methyl sites for hydroxylation is 1. The van der Waals surface area contributed by atoms with Gasteiger partial charge in [-0.3, -0.25) is 14.5 Å². The predicted octanol–water partition coefficient (Wildman–Crippen LogP) is 5.96. The minimum atomic E-state index is -0.748. The van der Waals surface area contributed by atoms with Crippen LogP contribution in [0.15, 0.2) is 78.4 Å². The molecule has 5 nitrogen and oxygen atoms in total. The van der Waals surface area contributed by atoms with Gasteiger partial charge in [0.2, 0.25) is 0 Å². The van der Waals surface area contributed by atoms with E-state index >= 15 is 0 Å². The third-order valence-corrected chi connectivity index (χ3v) is 6.09. The number of ether oxygens (including phenoxy) is 1. The van der Waals surface area contributed by atoms with Crippen molar-refractivity contribution in [1.29, 1.82) is 0 Å². The van der Waals surface area contributed by atoms with Crippen LogP contribution < -0.4 is 9.64 Å². The Morgan fingerprint density at radius 3 is 2.38 bits per heavy atom. The molecular weight excluding hydrogens is 426 g/mol. The first-order chi connectivity index (χ1) is 16.3. The van der Waals surface area contributed by atoms with Gasteiger partial charge in [0.25, 0.3) is 11.7 Å². The van der Waals surface area contributed by atoms with Crippen LogP contribution in [0.25, 0.3) is 5.76 Å². The number of hydrogen-bond donors (Lipinski definition) is 1. The van der Waals surface area contributed by atoms with Gasteiger partial charge in [-0.2, -0.15) is 0 Å². The number of aliphatic hydroxyl groups excluding tert-OH is 1. The number of rotatable bonds is 6. The van der Waals surface area contributed by atoms with E-state index in [4.69, 9.17) is 4.74 Å². The zero-order valence-corrected chi connectivity index (χ0v) is 19.9. The van der Waals surface area contributed by atoms with Crippen molar-refractivity contribution in [3.8, 4) is 5.75 Å². The molecule has 34 heavy (non-hydrogen) atoms. The molecule has 1 heterocycles. The minimum absolute atomic E-state index is 0.0677. The molecule has 1 aliphatic heterocycles. The Hall–Kier alpha value is -3.86. The Morgan fingerprint density at radius 2 is 1.68 bits per heavy atom. The average Bonchev–Trinajstić information content (AvgIpc) is 3.10. The normalized spacial score (nSPS) is 17.4. The monoisotopic (exact) mass is 455 g/mol. The molecule has 0 spiro atoms. The molecular formula is C29H29NO4. The van der Waals surface area contributed by atoms with Crippen LogP contribution in [-0.4, -0.2) is 23.4 Å². The number of anilines is 1. The maximum Gasteiger partial charge on any atom is 0.300 e. The predicted molar refractivity (Wildman–Crippen MR) is 134 cm³/mol. The lowest BCUT2D eigenvalue weighted by atomic mass is 9.94. The van der Waals surface area contributed by atoms with Crippen LogP contribution in [0.5, 0.6) is 5.75 Å². The van der Waals surface area contributed by atoms with Gasteiger partial charge in [-0.15, -0.1) is 0 Å². The van der Waals surface area contributed by atoms with Crippen molar-refractivity contribution in [3.05, 3.63) is 101 Å². The number of carbonyl (C=O) groups is 2. The molecule has 0 bridgehead atoms. The number of carbonyl (C=O) groups excluding carboxylic acids is 2. The number of hydrogen-bond acceptors (Lipinski definition) is 4. The number of Topliss-reactive ketones (excluding diaryl/α,β-unsaturated/α-hetero) is 1. The molecule has 1 atom stereocenters. The van der Waals surface area contributed by atoms with Crippen LogP contribution in [0.4, 0.5) is 5.69 Å². The summed E-state index contributed by atoms with van der Waals surface area (Å²) in [7, 11) is 0. The van der Waals surface area contributed by atoms with Gasteiger partial charge in [-0.25, -0.2) is 0 Å². The highest BCUT2D eigenvalue weighted by Gasteiger charge is 2.47. The van der Waals surface area contributed by atoms with Gasteiger partial charge in [0.05, 0.1) is 18.2 Å². The third-order valence-electron chi connectivity index (χ3n) is 6.09. The second-order valence-electron chi connectivity index (χ2n) is 9.03. The molecule has 0 radical (unpaired) electrons. The molecule has 5 heteroatoms. The Balaban J connectivity index is 1.88. The van der Waals surface area contributed by atoms with Gasteiger partial charge >= 0.3 is 0 Å². The van der Waals surface area contributed by atoms with E-state index in [-0.39, 0.29) is 11.3 Å². The fourth-order valence-electron chi connectivity index (χ4n) is 4.18. The molecule has 3 aromatic rings. The topological polar surface area (TPSA) is 66.8 Å². The third kappa shape index (κ3) is 4.34. The summed E-state index contributed by atoms with van der Waals surface area (Å²) in [6.45, 7) is 8.54. The maximum absolute atomic E-state index is 13.3. The largest absolute Gasteiger partial charge is 0.507 e. The Bertz CT molecular complexity index is 1260. The van der Waals surface area contributed by atoms with Crippen LogP contribution in [0.3, 0.4) is 0 Å². The lowest BCUT2D eigenvalue weighted by molar-refractivity contribution is -0.132. The lowest BCUT2D eigenvalue weighted by Gasteiger charge is -2.27. The minimum Gasteiger partial charge on any atom is -0.507 e. The first kappa shape index (κ1) is 23.3. The van der Waals surface area contributed by atoms with Gasteiger partial charge in [0.1, 0.15) is 11.5 Å². The molecule has 1 amide bonds. The van der Waals surface area contributed by atoms with Crippen molar-refractivity contribution in [2.45, 2.75) is 33.7 Å². The van der Waals surface area contributed by atoms with Crippen LogP contribution >= 0.6 is 0 Å². The first-order valence-corrected chi connectivity index (χ1v) is 11.4. The summed E-state index contributed by atoms with van der Waals surface area (Å²) in [6, 6.07) is 21.2. The molecule has 0 aromatic heterocycles. The molecule has 1 N–H and O–H groups in total. The summed E-state index contributed by atoms with van der Waals surface area (Å²) < 4.78 is 5.80. The van der Waals surface area contributed by atoms with E-state index in [9.17, 15) is 14.7 Å². The van der Waals surface area contributed by atoms with E-state index in [1.165, 1.54) is 4.90 Å². The summed E-state index contributed by atoms with van der Waals surface area (Å²) in [4.78, 5) is 28.2. The molecule has 1 fully saturated rings. The lowest BCUT2D eigenvalue weighted by Crippen LogP contribution is -2.30. The molecule has 0 aliphatic carbocycles. The van der Waals surface area contributed by atoms with Gasteiger partial charge in [0.15, 0.2) is 0 Å². The summed E-state index contributed by atoms with van der Waals surface area (Å²) in [5.41, 5.74) is 3.83. The molecule has 1 aliphatic rings. The van der Waals surface area contributed by atoms with Crippen molar-refractivity contribution in [1.82, 2.24) is 0 Å². The van der Waals surface area contributed by atoms with E-state index in [1.807, 2.05) is 68.4 Å². The summed E-state index contributed by atoms with van der Waals surface area (Å²) in [5, 5.41) is 11.4. The van der Waals surface area contributed by atoms with Gasteiger partial charge < -0.3 is 9.84 Å². The molecule has 1 saturated heterocycles. The standard InChI is InChI=1S/C29H29NO4/c1-18(2)17-34-23-14-9-13-22(16-23)27(31)25-26(21-11-6-5-7-12-21)30(29(33)28(25)32)24-15-8-10-19(3)20(24)4/h5-16,18,26,31H,17H2,1-4H3/b27-25+. The fourth-order valence-corrected chi connectivity index (χ4v) is 4.18. The van der Waals surface area contributed by atoms with Gasteiger partial charge in [0, 0.05) is 11.3 Å². The second kappa shape index (κ2) is 9.56. The van der Waals surface area contributed by atoms with Crippen LogP contribution in [0, 0.1) is 19.8 Å². The highest BCUT2D eigenvalue weighted by molar-refractivity contribution is 6.51. The number of ketones is 1. The molecule has 3 aromatic carbocycles. The van der Waals surface area contributed by atoms with Gasteiger partial charge in [-0.05, 0) is 54.7 Å². The molecule has 1 unspecified atom stereocenters. The quantitative estimate of drug-likeness (QED) is 0.283. The highest BCUT2D eigenvalue weighted by atomic mass is 16.5. The van der Waals surface area contributed by atoms with Crippen molar-refractivity contribution in [3.63, 3.8) is 0 Å². The molecule has 0 saturated carbocycles. The zero-order chi connectivity index (χ0) is 24.4. The smallest absolute Gasteiger partial charge is 0.300 e.